The monoisotopic (exact) mass is 319 g/mol. The molecular weight excluding hydrogens is 298 g/mol. The molecule has 4 nitrogen and oxygen atoms in total. The molecule has 122 valence electrons. The SMILES string of the molecule is CC(NC(=O)Cc1ccc2c(c1)CCC2)c1nc2ccccc2[nH]1. The number of fused-ring (bicyclic) bond motifs is 2. The van der Waals surface area contributed by atoms with Crippen molar-refractivity contribution in [2.24, 2.45) is 0 Å². The summed E-state index contributed by atoms with van der Waals surface area (Å²) in [6.45, 7) is 1.96. The summed E-state index contributed by atoms with van der Waals surface area (Å²) in [4.78, 5) is 20.2. The van der Waals surface area contributed by atoms with Gasteiger partial charge in [-0.1, -0.05) is 30.3 Å². The summed E-state index contributed by atoms with van der Waals surface area (Å²) in [6, 6.07) is 14.2. The van der Waals surface area contributed by atoms with Crippen molar-refractivity contribution in [3.63, 3.8) is 0 Å². The van der Waals surface area contributed by atoms with Gasteiger partial charge in [-0.2, -0.15) is 0 Å². The van der Waals surface area contributed by atoms with Crippen LogP contribution in [0.4, 0.5) is 0 Å². The molecule has 0 saturated carbocycles. The second-order valence-corrected chi connectivity index (χ2v) is 6.56. The van der Waals surface area contributed by atoms with Crippen LogP contribution in [0.2, 0.25) is 0 Å². The second-order valence-electron chi connectivity index (χ2n) is 6.56. The summed E-state index contributed by atoms with van der Waals surface area (Å²) in [5.41, 5.74) is 5.85. The number of aromatic amines is 1. The first-order valence-electron chi connectivity index (χ1n) is 8.54. The first-order valence-corrected chi connectivity index (χ1v) is 8.54. The third kappa shape index (κ3) is 2.92. The number of imidazole rings is 1. The first-order chi connectivity index (χ1) is 11.7. The van der Waals surface area contributed by atoms with Crippen LogP contribution in [0.25, 0.3) is 11.0 Å². The van der Waals surface area contributed by atoms with Crippen LogP contribution in [-0.4, -0.2) is 15.9 Å². The minimum atomic E-state index is -0.140. The Bertz CT molecular complexity index is 864. The number of benzene rings is 2. The lowest BCUT2D eigenvalue weighted by Crippen LogP contribution is -2.28. The van der Waals surface area contributed by atoms with Crippen molar-refractivity contribution >= 4 is 16.9 Å². The van der Waals surface area contributed by atoms with E-state index in [4.69, 9.17) is 0 Å². The summed E-state index contributed by atoms with van der Waals surface area (Å²) < 4.78 is 0. The van der Waals surface area contributed by atoms with Gasteiger partial charge in [0.1, 0.15) is 5.82 Å². The summed E-state index contributed by atoms with van der Waals surface area (Å²) in [7, 11) is 0. The predicted octanol–water partition coefficient (Wildman–Crippen LogP) is 3.47. The molecular formula is C20H21N3O. The number of nitrogens with one attached hydrogen (secondary N) is 2. The van der Waals surface area contributed by atoms with E-state index in [1.807, 2.05) is 31.2 Å². The van der Waals surface area contributed by atoms with Gasteiger partial charge >= 0.3 is 0 Å². The number of aromatic nitrogens is 2. The molecule has 2 aromatic carbocycles. The zero-order valence-electron chi connectivity index (χ0n) is 13.8. The number of para-hydroxylation sites is 2. The van der Waals surface area contributed by atoms with Gasteiger partial charge in [0.05, 0.1) is 23.5 Å². The Morgan fingerprint density at radius 2 is 2.04 bits per heavy atom. The molecule has 0 spiro atoms. The van der Waals surface area contributed by atoms with Crippen molar-refractivity contribution in [2.45, 2.75) is 38.6 Å². The molecule has 1 aliphatic carbocycles. The molecule has 1 amide bonds. The smallest absolute Gasteiger partial charge is 0.224 e. The normalized spacial score (nSPS) is 14.5. The van der Waals surface area contributed by atoms with E-state index in [2.05, 4.69) is 33.5 Å². The van der Waals surface area contributed by atoms with Gasteiger partial charge in [0.15, 0.2) is 0 Å². The van der Waals surface area contributed by atoms with E-state index in [0.717, 1.165) is 28.8 Å². The molecule has 0 radical (unpaired) electrons. The van der Waals surface area contributed by atoms with E-state index < -0.39 is 0 Å². The molecule has 4 rings (SSSR count). The van der Waals surface area contributed by atoms with Crippen molar-refractivity contribution in [3.05, 3.63) is 65.0 Å². The van der Waals surface area contributed by atoms with Crippen LogP contribution < -0.4 is 5.32 Å². The lowest BCUT2D eigenvalue weighted by molar-refractivity contribution is -0.121. The molecule has 1 atom stereocenters. The van der Waals surface area contributed by atoms with Crippen LogP contribution in [0.3, 0.4) is 0 Å². The van der Waals surface area contributed by atoms with Gasteiger partial charge in [0, 0.05) is 0 Å². The molecule has 2 N–H and O–H groups in total. The van der Waals surface area contributed by atoms with Crippen LogP contribution >= 0.6 is 0 Å². The number of hydrogen-bond donors (Lipinski definition) is 2. The van der Waals surface area contributed by atoms with Crippen molar-refractivity contribution in [2.75, 3.05) is 0 Å². The average Bonchev–Trinajstić information content (AvgIpc) is 3.20. The summed E-state index contributed by atoms with van der Waals surface area (Å²) in [5, 5.41) is 3.04. The van der Waals surface area contributed by atoms with E-state index in [1.165, 1.54) is 24.0 Å². The highest BCUT2D eigenvalue weighted by molar-refractivity contribution is 5.79. The molecule has 0 saturated heterocycles. The number of carbonyl (C=O) groups is 1. The van der Waals surface area contributed by atoms with Crippen molar-refractivity contribution < 1.29 is 4.79 Å². The number of aryl methyl sites for hydroxylation is 2. The highest BCUT2D eigenvalue weighted by atomic mass is 16.1. The fourth-order valence-electron chi connectivity index (χ4n) is 3.46. The number of H-pyrrole nitrogens is 1. The van der Waals surface area contributed by atoms with E-state index in [-0.39, 0.29) is 11.9 Å². The van der Waals surface area contributed by atoms with E-state index in [0.29, 0.717) is 6.42 Å². The number of hydrogen-bond acceptors (Lipinski definition) is 2. The summed E-state index contributed by atoms with van der Waals surface area (Å²) in [5.74, 6) is 0.819. The van der Waals surface area contributed by atoms with Crippen LogP contribution in [-0.2, 0) is 24.1 Å². The molecule has 0 bridgehead atoms. The maximum atomic E-state index is 12.4. The molecule has 4 heteroatoms. The fourth-order valence-corrected chi connectivity index (χ4v) is 3.46. The highest BCUT2D eigenvalue weighted by Gasteiger charge is 2.15. The van der Waals surface area contributed by atoms with Crippen molar-refractivity contribution in [3.8, 4) is 0 Å². The molecule has 1 heterocycles. The maximum absolute atomic E-state index is 12.4. The van der Waals surface area contributed by atoms with Gasteiger partial charge in [-0.15, -0.1) is 0 Å². The minimum absolute atomic E-state index is 0.0286. The lowest BCUT2D eigenvalue weighted by atomic mass is 10.0. The number of nitrogens with zero attached hydrogens (tertiary/aromatic N) is 1. The summed E-state index contributed by atoms with van der Waals surface area (Å²) in [6.07, 6.45) is 3.96. The van der Waals surface area contributed by atoms with Crippen LogP contribution in [0.15, 0.2) is 42.5 Å². The van der Waals surface area contributed by atoms with Gasteiger partial charge in [-0.05, 0) is 55.0 Å². The quantitative estimate of drug-likeness (QED) is 0.773. The van der Waals surface area contributed by atoms with Crippen LogP contribution in [0.5, 0.6) is 0 Å². The van der Waals surface area contributed by atoms with Gasteiger partial charge in [0.25, 0.3) is 0 Å². The predicted molar refractivity (Wildman–Crippen MR) is 94.8 cm³/mol. The topological polar surface area (TPSA) is 57.8 Å². The highest BCUT2D eigenvalue weighted by Crippen LogP contribution is 2.23. The lowest BCUT2D eigenvalue weighted by Gasteiger charge is -2.12. The van der Waals surface area contributed by atoms with Gasteiger partial charge in [-0.25, -0.2) is 4.98 Å². The molecule has 24 heavy (non-hydrogen) atoms. The molecule has 1 aromatic heterocycles. The van der Waals surface area contributed by atoms with Gasteiger partial charge in [-0.3, -0.25) is 4.79 Å². The zero-order valence-corrected chi connectivity index (χ0v) is 13.8. The number of rotatable bonds is 4. The van der Waals surface area contributed by atoms with Crippen molar-refractivity contribution in [1.82, 2.24) is 15.3 Å². The molecule has 1 unspecified atom stereocenters. The molecule has 1 aliphatic rings. The Hall–Kier alpha value is -2.62. The van der Waals surface area contributed by atoms with Crippen molar-refractivity contribution in [1.29, 1.82) is 0 Å². The third-order valence-electron chi connectivity index (χ3n) is 4.72. The van der Waals surface area contributed by atoms with E-state index >= 15 is 0 Å². The minimum Gasteiger partial charge on any atom is -0.346 e. The average molecular weight is 319 g/mol. The fraction of sp³-hybridized carbons (Fsp3) is 0.300. The molecule has 0 fully saturated rings. The second kappa shape index (κ2) is 6.11. The van der Waals surface area contributed by atoms with Gasteiger partial charge < -0.3 is 10.3 Å². The Balaban J connectivity index is 1.43. The Morgan fingerprint density at radius 1 is 1.21 bits per heavy atom. The largest absolute Gasteiger partial charge is 0.346 e. The number of carbonyl (C=O) groups excluding carboxylic acids is 1. The molecule has 3 aromatic rings. The van der Waals surface area contributed by atoms with Crippen LogP contribution in [0, 0.1) is 0 Å². The third-order valence-corrected chi connectivity index (χ3v) is 4.72. The number of amides is 1. The zero-order chi connectivity index (χ0) is 16.5. The Morgan fingerprint density at radius 3 is 2.92 bits per heavy atom. The standard InChI is InChI=1S/C20H21N3O/c1-13(20-22-17-7-2-3-8-18(17)23-20)21-19(24)12-14-9-10-15-5-4-6-16(15)11-14/h2-3,7-11,13H,4-6,12H2,1H3,(H,21,24)(H,22,23). The Kier molecular flexibility index (Phi) is 3.81. The van der Waals surface area contributed by atoms with E-state index in [9.17, 15) is 4.79 Å². The maximum Gasteiger partial charge on any atom is 0.224 e. The molecule has 0 aliphatic heterocycles. The van der Waals surface area contributed by atoms with Gasteiger partial charge in [0.2, 0.25) is 5.91 Å². The van der Waals surface area contributed by atoms with E-state index in [1.54, 1.807) is 0 Å². The Labute approximate surface area is 141 Å². The van der Waals surface area contributed by atoms with Crippen LogP contribution in [0.1, 0.15) is 41.9 Å². The summed E-state index contributed by atoms with van der Waals surface area (Å²) >= 11 is 0. The first kappa shape index (κ1) is 14.9.